The van der Waals surface area contributed by atoms with Crippen molar-refractivity contribution < 1.29 is 24.3 Å². The summed E-state index contributed by atoms with van der Waals surface area (Å²) in [6.45, 7) is 8.03. The molecule has 17 heteroatoms. The number of likely N-dealkylation sites (N-methyl/N-ethyl adjacent to an activating group) is 1. The van der Waals surface area contributed by atoms with Crippen LogP contribution >= 0.6 is 0 Å². The molecule has 1 atom stereocenters. The van der Waals surface area contributed by atoms with E-state index in [1.807, 2.05) is 41.1 Å². The van der Waals surface area contributed by atoms with Crippen molar-refractivity contribution >= 4 is 52.7 Å². The smallest absolute Gasteiger partial charge is 0.328 e. The number of aromatic nitrogens is 3. The molecule has 5 N–H and O–H groups in total. The van der Waals surface area contributed by atoms with Crippen LogP contribution in [0.5, 0.6) is 0 Å². The molecule has 5 aliphatic heterocycles. The van der Waals surface area contributed by atoms with Crippen LogP contribution in [0.3, 0.4) is 0 Å². The summed E-state index contributed by atoms with van der Waals surface area (Å²) in [4.78, 5) is 65.8. The van der Waals surface area contributed by atoms with Gasteiger partial charge in [-0.3, -0.25) is 19.8 Å². The molecule has 0 spiro atoms. The number of benzene rings is 2. The lowest BCUT2D eigenvalue weighted by Crippen LogP contribution is -2.49. The van der Waals surface area contributed by atoms with Gasteiger partial charge in [-0.1, -0.05) is 6.07 Å². The van der Waals surface area contributed by atoms with E-state index in [0.29, 0.717) is 62.6 Å². The number of nitrogens with two attached hydrogens (primary N) is 1. The monoisotopic (exact) mass is 794 g/mol. The fourth-order valence-electron chi connectivity index (χ4n) is 9.28. The number of anilines is 5. The average molecular weight is 795 g/mol. The van der Waals surface area contributed by atoms with Gasteiger partial charge in [0.15, 0.2) is 11.5 Å². The number of nitrogens with one attached hydrogen (secondary N) is 2. The zero-order chi connectivity index (χ0) is 40.3. The van der Waals surface area contributed by atoms with Crippen LogP contribution in [0.1, 0.15) is 72.5 Å². The van der Waals surface area contributed by atoms with Crippen LogP contribution in [-0.4, -0.2) is 137 Å². The Morgan fingerprint density at radius 2 is 1.64 bits per heavy atom. The molecule has 5 fully saturated rings. The van der Waals surface area contributed by atoms with Crippen LogP contribution in [-0.2, 0) is 11.4 Å². The number of rotatable bonds is 11. The largest absolute Gasteiger partial charge is 0.392 e. The second-order valence-corrected chi connectivity index (χ2v) is 16.3. The second kappa shape index (κ2) is 17.1. The predicted octanol–water partition coefficient (Wildman–Crippen LogP) is 3.08. The van der Waals surface area contributed by atoms with Gasteiger partial charge >= 0.3 is 12.1 Å². The molecule has 5 saturated heterocycles. The van der Waals surface area contributed by atoms with Gasteiger partial charge in [-0.05, 0) is 111 Å². The Morgan fingerprint density at radius 3 is 2.33 bits per heavy atom. The van der Waals surface area contributed by atoms with Crippen molar-refractivity contribution in [2.75, 3.05) is 92.5 Å². The minimum absolute atomic E-state index is 0.0352. The molecule has 1 aromatic heterocycles. The summed E-state index contributed by atoms with van der Waals surface area (Å²) in [5.74, 6) is 0.556. The molecule has 8 rings (SSSR count). The molecule has 17 nitrogen and oxygen atoms in total. The van der Waals surface area contributed by atoms with Crippen molar-refractivity contribution in [1.29, 1.82) is 0 Å². The number of urea groups is 2. The first-order chi connectivity index (χ1) is 28.1. The maximum Gasteiger partial charge on any atom is 0.328 e. The Morgan fingerprint density at radius 1 is 0.879 bits per heavy atom. The van der Waals surface area contributed by atoms with E-state index in [-0.39, 0.29) is 42.1 Å². The number of imide groups is 1. The molecule has 0 aliphatic carbocycles. The highest BCUT2D eigenvalue weighted by atomic mass is 16.3. The normalized spacial score (nSPS) is 21.5. The highest BCUT2D eigenvalue weighted by Gasteiger charge is 2.35. The molecule has 0 bridgehead atoms. The number of likely N-dealkylation sites (tertiary alicyclic amines) is 1. The van der Waals surface area contributed by atoms with Gasteiger partial charge in [0.2, 0.25) is 11.9 Å². The van der Waals surface area contributed by atoms with E-state index in [4.69, 9.17) is 10.7 Å². The van der Waals surface area contributed by atoms with Crippen molar-refractivity contribution in [3.63, 3.8) is 0 Å². The zero-order valence-corrected chi connectivity index (χ0v) is 33.2. The van der Waals surface area contributed by atoms with E-state index in [2.05, 4.69) is 48.8 Å². The van der Waals surface area contributed by atoms with Crippen LogP contribution in [0.25, 0.3) is 0 Å². The van der Waals surface area contributed by atoms with E-state index in [9.17, 15) is 24.3 Å². The molecular weight excluding hydrogens is 741 g/mol. The van der Waals surface area contributed by atoms with E-state index in [1.165, 1.54) is 0 Å². The number of piperidine rings is 3. The van der Waals surface area contributed by atoms with Crippen molar-refractivity contribution in [2.45, 2.75) is 63.5 Å². The minimum atomic E-state index is -0.746. The Hall–Kier alpha value is -5.55. The maximum absolute atomic E-state index is 12.7. The number of hydrogen-bond acceptors (Lipinski definition) is 12. The number of aliphatic hydroxyl groups is 1. The summed E-state index contributed by atoms with van der Waals surface area (Å²) in [6, 6.07) is 13.7. The number of amides is 6. The molecule has 0 radical (unpaired) electrons. The lowest BCUT2D eigenvalue weighted by molar-refractivity contribution is -0.120. The standard InChI is InChI=1S/C41H54N12O5/c1-48-21-22-53(41(48)58)33-3-2-15-51(25-33)39-45-38(36(37(42)56)46-47-39)43-30-4-9-34(29(23-30)26-54)28-12-16-49(17-13-28)24-27-10-18-50(19-11-27)31-5-7-32(8-6-31)52-20-14-35(55)44-40(52)57/h4-9,23,27-28,33,54H,2-3,10-22,24-26H2,1H3,(H2,42,56)(H,43,45,47)(H,44,55,57)/t33-/m1/s1. The van der Waals surface area contributed by atoms with Crippen LogP contribution < -0.4 is 31.1 Å². The quantitative estimate of drug-likeness (QED) is 0.222. The molecule has 0 unspecified atom stereocenters. The first-order valence-corrected chi connectivity index (χ1v) is 20.6. The molecule has 2 aromatic carbocycles. The SMILES string of the molecule is CN1CCN([C@@H]2CCCN(c3nnc(C(N)=O)c(Nc4ccc(C5CCN(CC6CCN(c7ccc(N8CCC(=O)NC8=O)cc7)CC6)CC5)c(CO)c4)n3)C2)C1=O. The van der Waals surface area contributed by atoms with E-state index >= 15 is 0 Å². The first kappa shape index (κ1) is 39.3. The average Bonchev–Trinajstić information content (AvgIpc) is 3.58. The van der Waals surface area contributed by atoms with E-state index < -0.39 is 5.91 Å². The van der Waals surface area contributed by atoms with Crippen LogP contribution in [0, 0.1) is 5.92 Å². The molecule has 6 heterocycles. The highest BCUT2D eigenvalue weighted by Crippen LogP contribution is 2.34. The minimum Gasteiger partial charge on any atom is -0.392 e. The number of carbonyl (C=O) groups is 4. The second-order valence-electron chi connectivity index (χ2n) is 16.3. The Balaban J connectivity index is 0.839. The van der Waals surface area contributed by atoms with Gasteiger partial charge in [0.05, 0.1) is 12.6 Å². The third kappa shape index (κ3) is 8.50. The number of hydrogen-bond donors (Lipinski definition) is 4. The summed E-state index contributed by atoms with van der Waals surface area (Å²) in [5, 5.41) is 24.5. The summed E-state index contributed by atoms with van der Waals surface area (Å²) < 4.78 is 0. The van der Waals surface area contributed by atoms with Gasteiger partial charge in [-0.15, -0.1) is 10.2 Å². The Bertz CT molecular complexity index is 2000. The lowest BCUT2D eigenvalue weighted by atomic mass is 9.85. The number of carbonyl (C=O) groups excluding carboxylic acids is 4. The molecule has 6 amide bonds. The van der Waals surface area contributed by atoms with Crippen LogP contribution in [0.15, 0.2) is 42.5 Å². The van der Waals surface area contributed by atoms with Gasteiger partial charge in [-0.2, -0.15) is 4.98 Å². The van der Waals surface area contributed by atoms with Crippen LogP contribution in [0.4, 0.5) is 38.4 Å². The van der Waals surface area contributed by atoms with Crippen molar-refractivity contribution in [2.24, 2.45) is 11.7 Å². The summed E-state index contributed by atoms with van der Waals surface area (Å²) >= 11 is 0. The highest BCUT2D eigenvalue weighted by molar-refractivity contribution is 6.05. The van der Waals surface area contributed by atoms with E-state index in [0.717, 1.165) is 93.8 Å². The van der Waals surface area contributed by atoms with Gasteiger partial charge in [0.25, 0.3) is 5.91 Å². The maximum atomic E-state index is 12.7. The fourth-order valence-corrected chi connectivity index (χ4v) is 9.28. The van der Waals surface area contributed by atoms with Gasteiger partial charge in [0, 0.05) is 82.9 Å². The number of aliphatic hydroxyl groups excluding tert-OH is 1. The third-order valence-corrected chi connectivity index (χ3v) is 12.6. The van der Waals surface area contributed by atoms with Crippen molar-refractivity contribution in [3.8, 4) is 0 Å². The van der Waals surface area contributed by atoms with Crippen molar-refractivity contribution in [3.05, 3.63) is 59.3 Å². The summed E-state index contributed by atoms with van der Waals surface area (Å²) in [6.07, 6.45) is 6.34. The lowest BCUT2D eigenvalue weighted by Gasteiger charge is -2.39. The molecule has 58 heavy (non-hydrogen) atoms. The molecule has 5 aliphatic rings. The molecule has 308 valence electrons. The first-order valence-electron chi connectivity index (χ1n) is 20.6. The molecular formula is C41H54N12O5. The Labute approximate surface area is 338 Å². The Kier molecular flexibility index (Phi) is 11.6. The van der Waals surface area contributed by atoms with Gasteiger partial charge in [0.1, 0.15) is 0 Å². The topological polar surface area (TPSA) is 197 Å². The van der Waals surface area contributed by atoms with Gasteiger partial charge in [-0.25, -0.2) is 9.59 Å². The summed E-state index contributed by atoms with van der Waals surface area (Å²) in [7, 11) is 1.82. The van der Waals surface area contributed by atoms with Crippen molar-refractivity contribution in [1.82, 2.24) is 35.2 Å². The fraction of sp³-hybridized carbons (Fsp3) is 0.537. The molecule has 0 saturated carbocycles. The zero-order valence-electron chi connectivity index (χ0n) is 33.2. The van der Waals surface area contributed by atoms with E-state index in [1.54, 1.807) is 9.80 Å². The number of nitrogens with zero attached hydrogens (tertiary/aromatic N) is 9. The predicted molar refractivity (Wildman–Crippen MR) is 219 cm³/mol. The molecule has 3 aromatic rings. The van der Waals surface area contributed by atoms with Gasteiger partial charge < -0.3 is 40.7 Å². The summed E-state index contributed by atoms with van der Waals surface area (Å²) in [5.41, 5.74) is 10.2. The number of primary amides is 1. The third-order valence-electron chi connectivity index (χ3n) is 12.6. The van der Waals surface area contributed by atoms with Crippen LogP contribution in [0.2, 0.25) is 0 Å².